The molecule has 4 heteroatoms. The molecule has 0 aliphatic heterocycles. The van der Waals surface area contributed by atoms with E-state index in [1.54, 1.807) is 18.3 Å². The highest BCUT2D eigenvalue weighted by molar-refractivity contribution is 5.80. The van der Waals surface area contributed by atoms with Crippen LogP contribution in [0.5, 0.6) is 0 Å². The normalized spacial score (nSPS) is 17.2. The van der Waals surface area contributed by atoms with E-state index in [9.17, 15) is 10.1 Å². The SMILES string of the molecule is CC(/C=C\[NH3+])=C(\c1ccc([N+](=O)[O-])cc1)[C@@H]1C=C1Cc1ccccc1. The first kappa shape index (κ1) is 16.9. The van der Waals surface area contributed by atoms with Crippen molar-refractivity contribution in [1.29, 1.82) is 0 Å². The van der Waals surface area contributed by atoms with Gasteiger partial charge < -0.3 is 5.73 Å². The van der Waals surface area contributed by atoms with Gasteiger partial charge in [-0.05, 0) is 53.8 Å². The van der Waals surface area contributed by atoms with Crippen molar-refractivity contribution in [1.82, 2.24) is 0 Å². The summed E-state index contributed by atoms with van der Waals surface area (Å²) >= 11 is 0. The third-order valence-electron chi connectivity index (χ3n) is 4.41. The molecule has 1 atom stereocenters. The average molecular weight is 333 g/mol. The van der Waals surface area contributed by atoms with E-state index in [-0.39, 0.29) is 16.5 Å². The van der Waals surface area contributed by atoms with Gasteiger partial charge in [0.2, 0.25) is 0 Å². The molecule has 0 aromatic heterocycles. The van der Waals surface area contributed by atoms with Crippen LogP contribution in [0, 0.1) is 16.0 Å². The summed E-state index contributed by atoms with van der Waals surface area (Å²) in [5.74, 6) is 0.290. The van der Waals surface area contributed by atoms with Crippen molar-refractivity contribution in [2.75, 3.05) is 0 Å². The number of nitro groups is 1. The summed E-state index contributed by atoms with van der Waals surface area (Å²) in [6, 6.07) is 17.2. The van der Waals surface area contributed by atoms with E-state index < -0.39 is 0 Å². The van der Waals surface area contributed by atoms with Gasteiger partial charge in [-0.25, -0.2) is 0 Å². The molecule has 126 valence electrons. The largest absolute Gasteiger partial charge is 0.331 e. The van der Waals surface area contributed by atoms with Crippen molar-refractivity contribution in [3.05, 3.63) is 105 Å². The van der Waals surface area contributed by atoms with Crippen LogP contribution in [0.25, 0.3) is 5.57 Å². The minimum absolute atomic E-state index is 0.113. The minimum atomic E-state index is -0.369. The van der Waals surface area contributed by atoms with Crippen molar-refractivity contribution in [3.8, 4) is 0 Å². The number of hydrogen-bond acceptors (Lipinski definition) is 2. The van der Waals surface area contributed by atoms with Gasteiger partial charge in [-0.1, -0.05) is 42.0 Å². The van der Waals surface area contributed by atoms with Crippen LogP contribution >= 0.6 is 0 Å². The van der Waals surface area contributed by atoms with Crippen LogP contribution in [0.15, 0.2) is 84.1 Å². The second kappa shape index (κ2) is 7.28. The second-order valence-electron chi connectivity index (χ2n) is 6.18. The lowest BCUT2D eigenvalue weighted by Crippen LogP contribution is -2.39. The first-order valence-electron chi connectivity index (χ1n) is 8.26. The highest BCUT2D eigenvalue weighted by Gasteiger charge is 2.30. The molecule has 2 aromatic carbocycles. The molecule has 3 rings (SSSR count). The maximum Gasteiger partial charge on any atom is 0.269 e. The van der Waals surface area contributed by atoms with Gasteiger partial charge in [-0.2, -0.15) is 0 Å². The Labute approximate surface area is 147 Å². The van der Waals surface area contributed by atoms with Crippen LogP contribution in [0.3, 0.4) is 0 Å². The lowest BCUT2D eigenvalue weighted by atomic mass is 9.92. The van der Waals surface area contributed by atoms with E-state index in [1.165, 1.54) is 16.7 Å². The average Bonchev–Trinajstić information content (AvgIpc) is 3.35. The highest BCUT2D eigenvalue weighted by Crippen LogP contribution is 2.44. The molecule has 1 aliphatic rings. The maximum absolute atomic E-state index is 10.9. The van der Waals surface area contributed by atoms with Gasteiger partial charge in [0.05, 0.1) is 11.1 Å². The Morgan fingerprint density at radius 1 is 1.16 bits per heavy atom. The van der Waals surface area contributed by atoms with Crippen LogP contribution in [0.4, 0.5) is 5.69 Å². The Morgan fingerprint density at radius 2 is 1.84 bits per heavy atom. The Hall–Kier alpha value is -2.98. The quantitative estimate of drug-likeness (QED) is 0.377. The van der Waals surface area contributed by atoms with Gasteiger partial charge in [0.1, 0.15) is 0 Å². The maximum atomic E-state index is 10.9. The molecule has 3 N–H and O–H groups in total. The number of non-ortho nitro benzene ring substituents is 1. The Bertz CT molecular complexity index is 863. The third kappa shape index (κ3) is 3.92. The standard InChI is InChI=1S/C21H20N2O2/c1-15(11-12-22)21(17-7-9-19(10-8-17)23(24)25)20-14-18(20)13-16-5-3-2-4-6-16/h2-12,14,20H,13,22H2,1H3/p+1/b12-11-,21-15-/t20-/m1/s1. The van der Waals surface area contributed by atoms with Crippen LogP contribution in [-0.4, -0.2) is 4.92 Å². The van der Waals surface area contributed by atoms with E-state index in [0.29, 0.717) is 0 Å². The fourth-order valence-corrected chi connectivity index (χ4v) is 3.12. The van der Waals surface area contributed by atoms with E-state index in [1.807, 2.05) is 24.3 Å². The van der Waals surface area contributed by atoms with E-state index in [4.69, 9.17) is 0 Å². The summed E-state index contributed by atoms with van der Waals surface area (Å²) in [6.07, 6.45) is 6.97. The first-order valence-corrected chi connectivity index (χ1v) is 8.26. The number of nitrogens with zero attached hydrogens (tertiary/aromatic N) is 1. The van der Waals surface area contributed by atoms with Crippen LogP contribution in [-0.2, 0) is 6.42 Å². The Kier molecular flexibility index (Phi) is 4.91. The summed E-state index contributed by atoms with van der Waals surface area (Å²) in [4.78, 5) is 10.5. The molecule has 1 aliphatic carbocycles. The van der Waals surface area contributed by atoms with Gasteiger partial charge in [0.15, 0.2) is 0 Å². The number of rotatable bonds is 6. The predicted molar refractivity (Wildman–Crippen MR) is 99.4 cm³/mol. The Balaban J connectivity index is 1.85. The Morgan fingerprint density at radius 3 is 2.44 bits per heavy atom. The van der Waals surface area contributed by atoms with E-state index in [0.717, 1.165) is 17.6 Å². The number of allylic oxidation sites excluding steroid dienone is 5. The molecule has 4 nitrogen and oxygen atoms in total. The minimum Gasteiger partial charge on any atom is -0.331 e. The lowest BCUT2D eigenvalue weighted by Gasteiger charge is -2.12. The summed E-state index contributed by atoms with van der Waals surface area (Å²) in [5, 5.41) is 10.9. The molecule has 0 unspecified atom stereocenters. The third-order valence-corrected chi connectivity index (χ3v) is 4.41. The monoisotopic (exact) mass is 333 g/mol. The van der Waals surface area contributed by atoms with Gasteiger partial charge >= 0.3 is 0 Å². The van der Waals surface area contributed by atoms with Crippen LogP contribution < -0.4 is 5.73 Å². The lowest BCUT2D eigenvalue weighted by molar-refractivity contribution is -0.384. The molecule has 2 aromatic rings. The highest BCUT2D eigenvalue weighted by atomic mass is 16.6. The molecule has 0 fully saturated rings. The molecule has 0 spiro atoms. The van der Waals surface area contributed by atoms with Gasteiger partial charge in [-0.15, -0.1) is 0 Å². The summed E-state index contributed by atoms with van der Waals surface area (Å²) < 4.78 is 0. The molecule has 0 saturated carbocycles. The van der Waals surface area contributed by atoms with Crippen molar-refractivity contribution < 1.29 is 10.7 Å². The fourth-order valence-electron chi connectivity index (χ4n) is 3.12. The first-order chi connectivity index (χ1) is 12.1. The van der Waals surface area contributed by atoms with Crippen molar-refractivity contribution in [2.24, 2.45) is 5.92 Å². The number of benzene rings is 2. The number of nitro benzene ring substituents is 1. The predicted octanol–water partition coefficient (Wildman–Crippen LogP) is 3.92. The van der Waals surface area contributed by atoms with E-state index >= 15 is 0 Å². The van der Waals surface area contributed by atoms with E-state index in [2.05, 4.69) is 43.0 Å². The summed E-state index contributed by atoms with van der Waals surface area (Å²) in [5.41, 5.74) is 9.93. The van der Waals surface area contributed by atoms with Gasteiger partial charge in [-0.3, -0.25) is 10.1 Å². The van der Waals surface area contributed by atoms with Crippen LogP contribution in [0.2, 0.25) is 0 Å². The summed E-state index contributed by atoms with van der Waals surface area (Å²) in [6.45, 7) is 2.06. The van der Waals surface area contributed by atoms with Crippen LogP contribution in [0.1, 0.15) is 18.1 Å². The van der Waals surface area contributed by atoms with Crippen molar-refractivity contribution in [2.45, 2.75) is 13.3 Å². The zero-order valence-corrected chi connectivity index (χ0v) is 14.2. The smallest absolute Gasteiger partial charge is 0.269 e. The molecule has 0 radical (unpaired) electrons. The number of quaternary nitrogens is 1. The molecule has 0 heterocycles. The summed E-state index contributed by atoms with van der Waals surface area (Å²) in [7, 11) is 0. The molecule has 0 saturated heterocycles. The topological polar surface area (TPSA) is 70.8 Å². The molecular weight excluding hydrogens is 312 g/mol. The van der Waals surface area contributed by atoms with Gasteiger partial charge in [0, 0.05) is 18.1 Å². The van der Waals surface area contributed by atoms with Crippen molar-refractivity contribution >= 4 is 11.3 Å². The van der Waals surface area contributed by atoms with Crippen molar-refractivity contribution in [3.63, 3.8) is 0 Å². The fraction of sp³-hybridized carbons (Fsp3) is 0.143. The second-order valence-corrected chi connectivity index (χ2v) is 6.18. The zero-order chi connectivity index (χ0) is 17.8. The zero-order valence-electron chi connectivity index (χ0n) is 14.2. The molecule has 25 heavy (non-hydrogen) atoms. The molecular formula is C21H21N2O2+. The van der Waals surface area contributed by atoms with Gasteiger partial charge in [0.25, 0.3) is 5.69 Å². The molecule has 0 bridgehead atoms. The molecule has 0 amide bonds. The number of hydrogen-bond donors (Lipinski definition) is 1.